The zero-order valence-electron chi connectivity index (χ0n) is 15.4. The number of piperidine rings is 1. The second-order valence-corrected chi connectivity index (χ2v) is 7.03. The number of aromatic nitrogens is 1. The molecule has 4 rings (SSSR count). The number of nitrogens with zero attached hydrogens (tertiary/aromatic N) is 2. The quantitative estimate of drug-likeness (QED) is 0.565. The molecule has 0 bridgehead atoms. The fraction of sp³-hybridized carbons (Fsp3) is 0.318. The van der Waals surface area contributed by atoms with E-state index in [0.29, 0.717) is 11.3 Å². The van der Waals surface area contributed by atoms with Gasteiger partial charge in [-0.3, -0.25) is 0 Å². The Morgan fingerprint density at radius 3 is 2.36 bits per heavy atom. The van der Waals surface area contributed by atoms with Gasteiger partial charge in [0.15, 0.2) is 0 Å². The maximum atomic E-state index is 12.7. The van der Waals surface area contributed by atoms with E-state index in [-0.39, 0.29) is 6.61 Å². The van der Waals surface area contributed by atoms with Crippen LogP contribution in [0.3, 0.4) is 0 Å². The van der Waals surface area contributed by atoms with Crippen molar-refractivity contribution in [2.45, 2.75) is 32.0 Å². The van der Waals surface area contributed by atoms with E-state index in [1.807, 2.05) is 30.3 Å². The number of hydrogen-bond donors (Lipinski definition) is 0. The van der Waals surface area contributed by atoms with E-state index in [2.05, 4.69) is 4.90 Å². The summed E-state index contributed by atoms with van der Waals surface area (Å²) in [5.74, 6) is 1.58. The number of para-hydroxylation sites is 1. The molecule has 6 heteroatoms. The fourth-order valence-electron chi connectivity index (χ4n) is 3.48. The van der Waals surface area contributed by atoms with Gasteiger partial charge in [0.05, 0.1) is 5.56 Å². The first-order chi connectivity index (χ1) is 13.5. The summed E-state index contributed by atoms with van der Waals surface area (Å²) in [4.78, 5) is 7.10. The van der Waals surface area contributed by atoms with Crippen molar-refractivity contribution in [2.24, 2.45) is 0 Å². The molecule has 0 saturated carbocycles. The van der Waals surface area contributed by atoms with Crippen LogP contribution < -0.4 is 9.64 Å². The van der Waals surface area contributed by atoms with Gasteiger partial charge < -0.3 is 9.64 Å². The summed E-state index contributed by atoms with van der Waals surface area (Å²) in [7, 11) is 0. The molecule has 3 nitrogen and oxygen atoms in total. The number of rotatable bonds is 4. The molecule has 0 amide bonds. The van der Waals surface area contributed by atoms with Crippen molar-refractivity contribution in [3.63, 3.8) is 0 Å². The molecule has 1 aromatic heterocycles. The first-order valence-corrected chi connectivity index (χ1v) is 9.44. The van der Waals surface area contributed by atoms with Crippen LogP contribution in [0, 0.1) is 0 Å². The third-order valence-corrected chi connectivity index (χ3v) is 5.02. The number of ether oxygens (including phenoxy) is 1. The summed E-state index contributed by atoms with van der Waals surface area (Å²) in [6.45, 7) is 2.20. The smallest absolute Gasteiger partial charge is 0.416 e. The van der Waals surface area contributed by atoms with Crippen LogP contribution in [0.5, 0.6) is 5.75 Å². The molecular formula is C22H21F3N2O. The van der Waals surface area contributed by atoms with E-state index in [9.17, 15) is 13.2 Å². The van der Waals surface area contributed by atoms with Crippen LogP contribution in [0.4, 0.5) is 19.0 Å². The van der Waals surface area contributed by atoms with Crippen LogP contribution in [-0.2, 0) is 12.8 Å². The van der Waals surface area contributed by atoms with Crippen molar-refractivity contribution in [1.82, 2.24) is 4.98 Å². The van der Waals surface area contributed by atoms with Crippen LogP contribution >= 0.6 is 0 Å². The topological polar surface area (TPSA) is 25.4 Å². The molecule has 0 radical (unpaired) electrons. The van der Waals surface area contributed by atoms with Gasteiger partial charge in [0, 0.05) is 18.5 Å². The molecule has 1 fully saturated rings. The maximum absolute atomic E-state index is 12.7. The average molecular weight is 386 g/mol. The third-order valence-electron chi connectivity index (χ3n) is 5.02. The molecule has 0 unspecified atom stereocenters. The lowest BCUT2D eigenvalue weighted by atomic mass is 10.1. The molecule has 146 valence electrons. The Labute approximate surface area is 161 Å². The number of anilines is 1. The maximum Gasteiger partial charge on any atom is 0.416 e. The predicted molar refractivity (Wildman–Crippen MR) is 104 cm³/mol. The molecule has 2 heterocycles. The van der Waals surface area contributed by atoms with E-state index in [1.54, 1.807) is 0 Å². The standard InChI is InChI=1S/C22H21F3N2O/c23-22(24,25)18-10-7-16(8-11-18)15-28-19-6-4-5-17-9-12-20(26-21(17)19)27-13-2-1-3-14-27/h4-12H,1-3,13-15H2. The minimum atomic E-state index is -4.33. The van der Waals surface area contributed by atoms with Crippen molar-refractivity contribution in [3.05, 3.63) is 65.7 Å². The summed E-state index contributed by atoms with van der Waals surface area (Å²) < 4.78 is 44.0. The predicted octanol–water partition coefficient (Wildman–Crippen LogP) is 5.82. The minimum Gasteiger partial charge on any atom is -0.487 e. The van der Waals surface area contributed by atoms with Gasteiger partial charge in [-0.1, -0.05) is 24.3 Å². The van der Waals surface area contributed by atoms with Crippen LogP contribution in [-0.4, -0.2) is 18.1 Å². The van der Waals surface area contributed by atoms with Crippen molar-refractivity contribution in [1.29, 1.82) is 0 Å². The summed E-state index contributed by atoms with van der Waals surface area (Å²) in [5.41, 5.74) is 0.795. The molecule has 3 aromatic rings. The van der Waals surface area contributed by atoms with Gasteiger partial charge in [-0.2, -0.15) is 13.2 Å². The fourth-order valence-corrected chi connectivity index (χ4v) is 3.48. The SMILES string of the molecule is FC(F)(F)c1ccc(COc2cccc3ccc(N4CCCCC4)nc23)cc1. The van der Waals surface area contributed by atoms with Gasteiger partial charge >= 0.3 is 6.18 Å². The molecule has 1 saturated heterocycles. The third kappa shape index (κ3) is 4.06. The molecule has 0 aliphatic carbocycles. The van der Waals surface area contributed by atoms with Gasteiger partial charge in [-0.05, 0) is 55.2 Å². The molecule has 0 atom stereocenters. The van der Waals surface area contributed by atoms with Gasteiger partial charge in [-0.25, -0.2) is 4.98 Å². The van der Waals surface area contributed by atoms with Crippen molar-refractivity contribution in [3.8, 4) is 5.75 Å². The van der Waals surface area contributed by atoms with Gasteiger partial charge in [0.1, 0.15) is 23.7 Å². The summed E-state index contributed by atoms with van der Waals surface area (Å²) >= 11 is 0. The molecular weight excluding hydrogens is 365 g/mol. The van der Waals surface area contributed by atoms with E-state index < -0.39 is 11.7 Å². The Kier molecular flexibility index (Phi) is 5.11. The number of halogens is 3. The lowest BCUT2D eigenvalue weighted by Gasteiger charge is -2.28. The van der Waals surface area contributed by atoms with Crippen LogP contribution in [0.2, 0.25) is 0 Å². The first-order valence-electron chi connectivity index (χ1n) is 9.44. The highest BCUT2D eigenvalue weighted by atomic mass is 19.4. The van der Waals surface area contributed by atoms with E-state index >= 15 is 0 Å². The molecule has 2 aromatic carbocycles. The van der Waals surface area contributed by atoms with E-state index in [4.69, 9.17) is 9.72 Å². The van der Waals surface area contributed by atoms with Gasteiger partial charge in [0.25, 0.3) is 0 Å². The lowest BCUT2D eigenvalue weighted by molar-refractivity contribution is -0.137. The summed E-state index contributed by atoms with van der Waals surface area (Å²) in [6, 6.07) is 14.8. The molecule has 0 spiro atoms. The van der Waals surface area contributed by atoms with Crippen LogP contribution in [0.1, 0.15) is 30.4 Å². The largest absolute Gasteiger partial charge is 0.487 e. The first kappa shape index (κ1) is 18.6. The zero-order valence-corrected chi connectivity index (χ0v) is 15.4. The Balaban J connectivity index is 1.54. The molecule has 0 N–H and O–H groups in total. The average Bonchev–Trinajstić information content (AvgIpc) is 2.72. The Morgan fingerprint density at radius 2 is 1.64 bits per heavy atom. The second-order valence-electron chi connectivity index (χ2n) is 7.03. The van der Waals surface area contributed by atoms with Crippen LogP contribution in [0.15, 0.2) is 54.6 Å². The van der Waals surface area contributed by atoms with Crippen molar-refractivity contribution < 1.29 is 17.9 Å². The Bertz CT molecular complexity index is 948. The number of hydrogen-bond acceptors (Lipinski definition) is 3. The van der Waals surface area contributed by atoms with E-state index in [1.165, 1.54) is 31.4 Å². The molecule has 1 aliphatic heterocycles. The summed E-state index contributed by atoms with van der Waals surface area (Å²) in [6.07, 6.45) is -0.729. The van der Waals surface area contributed by atoms with E-state index in [0.717, 1.165) is 41.9 Å². The highest BCUT2D eigenvalue weighted by Crippen LogP contribution is 2.30. The highest BCUT2D eigenvalue weighted by Gasteiger charge is 2.29. The lowest BCUT2D eigenvalue weighted by Crippen LogP contribution is -2.30. The number of fused-ring (bicyclic) bond motifs is 1. The monoisotopic (exact) mass is 386 g/mol. The molecule has 28 heavy (non-hydrogen) atoms. The summed E-state index contributed by atoms with van der Waals surface area (Å²) in [5, 5.41) is 0.977. The number of alkyl halides is 3. The van der Waals surface area contributed by atoms with Crippen molar-refractivity contribution >= 4 is 16.7 Å². The Morgan fingerprint density at radius 1 is 0.893 bits per heavy atom. The minimum absolute atomic E-state index is 0.187. The second kappa shape index (κ2) is 7.70. The number of pyridine rings is 1. The van der Waals surface area contributed by atoms with Gasteiger partial charge in [0.2, 0.25) is 0 Å². The van der Waals surface area contributed by atoms with Crippen molar-refractivity contribution in [2.75, 3.05) is 18.0 Å². The van der Waals surface area contributed by atoms with Crippen LogP contribution in [0.25, 0.3) is 10.9 Å². The number of benzene rings is 2. The Hall–Kier alpha value is -2.76. The highest BCUT2D eigenvalue weighted by molar-refractivity contribution is 5.86. The van der Waals surface area contributed by atoms with Gasteiger partial charge in [-0.15, -0.1) is 0 Å². The molecule has 1 aliphatic rings. The normalized spacial score (nSPS) is 15.0. The zero-order chi connectivity index (χ0) is 19.6.